The van der Waals surface area contributed by atoms with Crippen molar-refractivity contribution in [3.8, 4) is 17.0 Å². The molecule has 0 aliphatic carbocycles. The number of H-pyrrole nitrogens is 1. The largest absolute Gasteiger partial charge is 0.497 e. The molecule has 0 saturated carbocycles. The van der Waals surface area contributed by atoms with E-state index in [2.05, 4.69) is 4.98 Å². The van der Waals surface area contributed by atoms with Crippen molar-refractivity contribution in [1.29, 1.82) is 0 Å². The lowest BCUT2D eigenvalue weighted by Gasteiger charge is -2.05. The molecule has 0 radical (unpaired) electrons. The number of hydrogen-bond donors (Lipinski definition) is 2. The first-order valence-electron chi connectivity index (χ1n) is 5.22. The summed E-state index contributed by atoms with van der Waals surface area (Å²) >= 11 is 0. The highest BCUT2D eigenvalue weighted by Gasteiger charge is 2.03. The van der Waals surface area contributed by atoms with Gasteiger partial charge in [0.1, 0.15) is 5.75 Å². The van der Waals surface area contributed by atoms with Gasteiger partial charge in [0.15, 0.2) is 0 Å². The monoisotopic (exact) mass is 231 g/mol. The highest BCUT2D eigenvalue weighted by molar-refractivity contribution is 5.61. The minimum Gasteiger partial charge on any atom is -0.497 e. The first-order chi connectivity index (χ1) is 8.24. The number of aliphatic hydroxyl groups is 1. The Morgan fingerprint density at radius 1 is 1.29 bits per heavy atom. The highest BCUT2D eigenvalue weighted by Crippen LogP contribution is 2.21. The van der Waals surface area contributed by atoms with E-state index in [9.17, 15) is 4.79 Å². The Morgan fingerprint density at radius 3 is 2.76 bits per heavy atom. The van der Waals surface area contributed by atoms with Crippen LogP contribution in [-0.4, -0.2) is 17.2 Å². The molecule has 0 unspecified atom stereocenters. The van der Waals surface area contributed by atoms with Crippen molar-refractivity contribution in [3.63, 3.8) is 0 Å². The van der Waals surface area contributed by atoms with E-state index in [4.69, 9.17) is 9.84 Å². The number of benzene rings is 1. The summed E-state index contributed by atoms with van der Waals surface area (Å²) in [6.07, 6.45) is 0. The van der Waals surface area contributed by atoms with Gasteiger partial charge in [-0.25, -0.2) is 0 Å². The Labute approximate surface area is 98.5 Å². The second-order valence-electron chi connectivity index (χ2n) is 3.62. The lowest BCUT2D eigenvalue weighted by atomic mass is 10.1. The smallest absolute Gasteiger partial charge is 0.253 e. The van der Waals surface area contributed by atoms with Gasteiger partial charge in [0.2, 0.25) is 0 Å². The summed E-state index contributed by atoms with van der Waals surface area (Å²) in [6, 6.07) is 10.8. The predicted octanol–water partition coefficient (Wildman–Crippen LogP) is 1.54. The van der Waals surface area contributed by atoms with Crippen LogP contribution in [0.5, 0.6) is 5.75 Å². The van der Waals surface area contributed by atoms with Crippen molar-refractivity contribution in [2.75, 3.05) is 7.11 Å². The fourth-order valence-corrected chi connectivity index (χ4v) is 1.59. The number of aromatic amines is 1. The van der Waals surface area contributed by atoms with Crippen LogP contribution in [-0.2, 0) is 6.61 Å². The summed E-state index contributed by atoms with van der Waals surface area (Å²) in [5, 5.41) is 8.92. The first kappa shape index (κ1) is 11.4. The van der Waals surface area contributed by atoms with Crippen LogP contribution >= 0.6 is 0 Å². The third-order valence-electron chi connectivity index (χ3n) is 2.54. The second-order valence-corrected chi connectivity index (χ2v) is 3.62. The molecule has 0 bridgehead atoms. The lowest BCUT2D eigenvalue weighted by molar-refractivity contribution is 0.280. The number of ether oxygens (including phenoxy) is 1. The number of aromatic nitrogens is 1. The zero-order chi connectivity index (χ0) is 12.3. The number of nitrogens with one attached hydrogen (secondary N) is 1. The zero-order valence-corrected chi connectivity index (χ0v) is 9.43. The molecule has 17 heavy (non-hydrogen) atoms. The summed E-state index contributed by atoms with van der Waals surface area (Å²) in [5.74, 6) is 0.731. The van der Waals surface area contributed by atoms with Gasteiger partial charge in [0.25, 0.3) is 5.56 Å². The van der Waals surface area contributed by atoms with Gasteiger partial charge < -0.3 is 14.8 Å². The SMILES string of the molecule is COc1cccc(-c2ccc(CO)c(=O)[nH]2)c1. The van der Waals surface area contributed by atoms with Gasteiger partial charge in [-0.1, -0.05) is 12.1 Å². The normalized spacial score (nSPS) is 10.2. The van der Waals surface area contributed by atoms with E-state index in [-0.39, 0.29) is 12.2 Å². The van der Waals surface area contributed by atoms with E-state index in [1.807, 2.05) is 24.3 Å². The topological polar surface area (TPSA) is 62.3 Å². The Kier molecular flexibility index (Phi) is 3.25. The molecule has 2 rings (SSSR count). The fourth-order valence-electron chi connectivity index (χ4n) is 1.59. The Morgan fingerprint density at radius 2 is 2.12 bits per heavy atom. The average molecular weight is 231 g/mol. The van der Waals surface area contributed by atoms with Crippen LogP contribution in [0.1, 0.15) is 5.56 Å². The van der Waals surface area contributed by atoms with Gasteiger partial charge in [-0.15, -0.1) is 0 Å². The van der Waals surface area contributed by atoms with Gasteiger partial charge in [-0.05, 0) is 24.3 Å². The molecule has 4 nitrogen and oxygen atoms in total. The van der Waals surface area contributed by atoms with Crippen LogP contribution in [0.2, 0.25) is 0 Å². The summed E-state index contributed by atoms with van der Waals surface area (Å²) < 4.78 is 5.12. The Hall–Kier alpha value is -2.07. The molecule has 2 N–H and O–H groups in total. The molecular weight excluding hydrogens is 218 g/mol. The van der Waals surface area contributed by atoms with E-state index in [0.717, 1.165) is 11.3 Å². The molecule has 0 amide bonds. The van der Waals surface area contributed by atoms with Crippen molar-refractivity contribution < 1.29 is 9.84 Å². The molecule has 0 atom stereocenters. The van der Waals surface area contributed by atoms with Crippen LogP contribution in [0.25, 0.3) is 11.3 Å². The molecule has 4 heteroatoms. The lowest BCUT2D eigenvalue weighted by Crippen LogP contribution is -2.12. The summed E-state index contributed by atoms with van der Waals surface area (Å²) in [4.78, 5) is 14.3. The van der Waals surface area contributed by atoms with Gasteiger partial charge in [-0.2, -0.15) is 0 Å². The maximum absolute atomic E-state index is 11.6. The average Bonchev–Trinajstić information content (AvgIpc) is 2.38. The maximum Gasteiger partial charge on any atom is 0.253 e. The Bertz CT molecular complexity index is 575. The van der Waals surface area contributed by atoms with E-state index >= 15 is 0 Å². The molecule has 0 fully saturated rings. The van der Waals surface area contributed by atoms with E-state index < -0.39 is 0 Å². The number of pyridine rings is 1. The van der Waals surface area contributed by atoms with E-state index in [1.165, 1.54) is 0 Å². The van der Waals surface area contributed by atoms with Crippen molar-refractivity contribution in [3.05, 3.63) is 52.3 Å². The minimum absolute atomic E-state index is 0.256. The Balaban J connectivity index is 2.46. The van der Waals surface area contributed by atoms with Gasteiger partial charge in [0.05, 0.1) is 13.7 Å². The quantitative estimate of drug-likeness (QED) is 0.842. The predicted molar refractivity (Wildman–Crippen MR) is 65.0 cm³/mol. The van der Waals surface area contributed by atoms with Gasteiger partial charge in [0, 0.05) is 16.8 Å². The van der Waals surface area contributed by atoms with Crippen LogP contribution in [0.3, 0.4) is 0 Å². The molecule has 0 saturated heterocycles. The van der Waals surface area contributed by atoms with Crippen molar-refractivity contribution in [2.45, 2.75) is 6.61 Å². The van der Waals surface area contributed by atoms with Crippen LogP contribution in [0.15, 0.2) is 41.2 Å². The molecular formula is C13H13NO3. The van der Waals surface area contributed by atoms with E-state index in [0.29, 0.717) is 11.3 Å². The van der Waals surface area contributed by atoms with Crippen molar-refractivity contribution in [2.24, 2.45) is 0 Å². The minimum atomic E-state index is -0.271. The van der Waals surface area contributed by atoms with Crippen LogP contribution < -0.4 is 10.3 Å². The third kappa shape index (κ3) is 2.37. The molecule has 0 aliphatic heterocycles. The zero-order valence-electron chi connectivity index (χ0n) is 9.43. The third-order valence-corrected chi connectivity index (χ3v) is 2.54. The second kappa shape index (κ2) is 4.84. The van der Waals surface area contributed by atoms with Gasteiger partial charge >= 0.3 is 0 Å². The molecule has 1 aromatic heterocycles. The fraction of sp³-hybridized carbons (Fsp3) is 0.154. The number of rotatable bonds is 3. The molecule has 1 heterocycles. The first-order valence-corrected chi connectivity index (χ1v) is 5.22. The molecule has 2 aromatic rings. The molecule has 0 aliphatic rings. The molecule has 88 valence electrons. The summed E-state index contributed by atoms with van der Waals surface area (Å²) in [6.45, 7) is -0.256. The molecule has 1 aromatic carbocycles. The van der Waals surface area contributed by atoms with Crippen LogP contribution in [0.4, 0.5) is 0 Å². The standard InChI is InChI=1S/C13H13NO3/c1-17-11-4-2-3-9(7-11)12-6-5-10(8-15)13(16)14-12/h2-7,15H,8H2,1H3,(H,14,16). The summed E-state index contributed by atoms with van der Waals surface area (Å²) in [7, 11) is 1.59. The molecule has 0 spiro atoms. The maximum atomic E-state index is 11.6. The van der Waals surface area contributed by atoms with Crippen molar-refractivity contribution >= 4 is 0 Å². The number of hydrogen-bond acceptors (Lipinski definition) is 3. The van der Waals surface area contributed by atoms with E-state index in [1.54, 1.807) is 19.2 Å². The number of methoxy groups -OCH3 is 1. The van der Waals surface area contributed by atoms with Crippen LogP contribution in [0, 0.1) is 0 Å². The number of aliphatic hydroxyl groups excluding tert-OH is 1. The summed E-state index contributed by atoms with van der Waals surface area (Å²) in [5.41, 5.74) is 1.65. The van der Waals surface area contributed by atoms with Crippen molar-refractivity contribution in [1.82, 2.24) is 4.98 Å². The highest BCUT2D eigenvalue weighted by atomic mass is 16.5. The van der Waals surface area contributed by atoms with Gasteiger partial charge in [-0.3, -0.25) is 4.79 Å².